The first-order valence-electron chi connectivity index (χ1n) is 9.03. The zero-order chi connectivity index (χ0) is 16.3. The lowest BCUT2D eigenvalue weighted by Gasteiger charge is -2.22. The molecule has 1 amide bonds. The molecule has 1 saturated heterocycles. The number of benzene rings is 1. The fraction of sp³-hybridized carbons (Fsp3) is 0.632. The Balaban J connectivity index is 1.69. The Kier molecular flexibility index (Phi) is 8.12. The fourth-order valence-electron chi connectivity index (χ4n) is 3.15. The average molecular weight is 317 g/mol. The molecule has 0 atom stereocenters. The van der Waals surface area contributed by atoms with Gasteiger partial charge in [0.1, 0.15) is 0 Å². The van der Waals surface area contributed by atoms with E-state index >= 15 is 0 Å². The number of rotatable bonds is 8. The van der Waals surface area contributed by atoms with E-state index in [0.29, 0.717) is 12.3 Å². The number of amides is 1. The molecule has 2 N–H and O–H groups in total. The van der Waals surface area contributed by atoms with Crippen molar-refractivity contribution in [2.75, 3.05) is 32.7 Å². The molecule has 1 fully saturated rings. The molecule has 0 saturated carbocycles. The van der Waals surface area contributed by atoms with Crippen molar-refractivity contribution >= 4 is 5.91 Å². The Morgan fingerprint density at radius 1 is 0.957 bits per heavy atom. The predicted octanol–water partition coefficient (Wildman–Crippen LogP) is 2.63. The summed E-state index contributed by atoms with van der Waals surface area (Å²) in [6, 6.07) is 10.6. The number of carbonyl (C=O) groups excluding carboxylic acids is 1. The summed E-state index contributed by atoms with van der Waals surface area (Å²) in [5, 5.41) is 0. The lowest BCUT2D eigenvalue weighted by atomic mass is 10.1. The van der Waals surface area contributed by atoms with Gasteiger partial charge in [0, 0.05) is 39.1 Å². The number of carbonyl (C=O) groups is 1. The van der Waals surface area contributed by atoms with Crippen LogP contribution in [0.4, 0.5) is 0 Å². The molecule has 0 aromatic heterocycles. The molecule has 4 heteroatoms. The van der Waals surface area contributed by atoms with Gasteiger partial charge in [0.25, 0.3) is 0 Å². The van der Waals surface area contributed by atoms with Crippen LogP contribution in [0, 0.1) is 0 Å². The van der Waals surface area contributed by atoms with Crippen molar-refractivity contribution < 1.29 is 4.79 Å². The molecule has 1 aliphatic heterocycles. The normalized spacial score (nSPS) is 16.3. The van der Waals surface area contributed by atoms with Crippen molar-refractivity contribution in [1.82, 2.24) is 9.80 Å². The average Bonchev–Trinajstić information content (AvgIpc) is 2.81. The highest BCUT2D eigenvalue weighted by molar-refractivity contribution is 5.76. The van der Waals surface area contributed by atoms with Crippen molar-refractivity contribution in [2.45, 2.75) is 45.1 Å². The molecule has 0 unspecified atom stereocenters. The van der Waals surface area contributed by atoms with E-state index in [1.54, 1.807) is 0 Å². The third kappa shape index (κ3) is 6.71. The number of nitrogens with zero attached hydrogens (tertiary/aromatic N) is 2. The van der Waals surface area contributed by atoms with Crippen molar-refractivity contribution in [3.8, 4) is 0 Å². The zero-order valence-corrected chi connectivity index (χ0v) is 14.3. The first kappa shape index (κ1) is 18.0. The second kappa shape index (κ2) is 10.4. The molecule has 0 spiro atoms. The van der Waals surface area contributed by atoms with E-state index in [2.05, 4.69) is 40.1 Å². The Bertz CT molecular complexity index is 449. The molecular weight excluding hydrogens is 286 g/mol. The predicted molar refractivity (Wildman–Crippen MR) is 95.1 cm³/mol. The van der Waals surface area contributed by atoms with E-state index in [-0.39, 0.29) is 0 Å². The van der Waals surface area contributed by atoms with Crippen LogP contribution in [0.15, 0.2) is 30.3 Å². The number of nitrogens with two attached hydrogens (primary N) is 1. The Hall–Kier alpha value is -1.39. The summed E-state index contributed by atoms with van der Waals surface area (Å²) in [5.41, 5.74) is 6.85. The van der Waals surface area contributed by atoms with Crippen molar-refractivity contribution in [2.24, 2.45) is 5.73 Å². The largest absolute Gasteiger partial charge is 0.341 e. The third-order valence-electron chi connectivity index (χ3n) is 4.53. The van der Waals surface area contributed by atoms with Crippen LogP contribution in [-0.2, 0) is 11.3 Å². The summed E-state index contributed by atoms with van der Waals surface area (Å²) in [5.74, 6) is 0.333. The lowest BCUT2D eigenvalue weighted by molar-refractivity contribution is -0.131. The summed E-state index contributed by atoms with van der Waals surface area (Å²) in [6.45, 7) is 5.59. The maximum Gasteiger partial charge on any atom is 0.222 e. The van der Waals surface area contributed by atoms with Gasteiger partial charge >= 0.3 is 0 Å². The van der Waals surface area contributed by atoms with E-state index in [4.69, 9.17) is 5.73 Å². The first-order chi connectivity index (χ1) is 11.3. The van der Waals surface area contributed by atoms with E-state index in [0.717, 1.165) is 71.4 Å². The molecule has 23 heavy (non-hydrogen) atoms. The quantitative estimate of drug-likeness (QED) is 0.750. The molecule has 0 radical (unpaired) electrons. The van der Waals surface area contributed by atoms with Gasteiger partial charge in [-0.15, -0.1) is 0 Å². The topological polar surface area (TPSA) is 49.6 Å². The van der Waals surface area contributed by atoms with Crippen LogP contribution in [0.5, 0.6) is 0 Å². The Morgan fingerprint density at radius 2 is 1.74 bits per heavy atom. The van der Waals surface area contributed by atoms with Crippen LogP contribution in [0.2, 0.25) is 0 Å². The van der Waals surface area contributed by atoms with Gasteiger partial charge in [-0.25, -0.2) is 0 Å². The number of unbranched alkanes of at least 4 members (excludes halogenated alkanes) is 3. The van der Waals surface area contributed by atoms with Crippen LogP contribution in [0.25, 0.3) is 0 Å². The fourth-order valence-corrected chi connectivity index (χ4v) is 3.15. The summed E-state index contributed by atoms with van der Waals surface area (Å²) in [4.78, 5) is 16.9. The standard InChI is InChI=1S/C19H31N3O/c20-12-7-2-1-6-11-19(23)22-14-8-13-21(15-16-22)17-18-9-4-3-5-10-18/h3-5,9-10H,1-2,6-8,11-17,20H2. The van der Waals surface area contributed by atoms with Gasteiger partial charge < -0.3 is 10.6 Å². The van der Waals surface area contributed by atoms with Crippen molar-refractivity contribution in [3.05, 3.63) is 35.9 Å². The number of hydrogen-bond acceptors (Lipinski definition) is 3. The van der Waals surface area contributed by atoms with Gasteiger partial charge in [0.2, 0.25) is 5.91 Å². The molecule has 1 aromatic carbocycles. The monoisotopic (exact) mass is 317 g/mol. The number of hydrogen-bond donors (Lipinski definition) is 1. The zero-order valence-electron chi connectivity index (χ0n) is 14.3. The molecular formula is C19H31N3O. The minimum absolute atomic E-state index is 0.333. The molecule has 4 nitrogen and oxygen atoms in total. The summed E-state index contributed by atoms with van der Waals surface area (Å²) < 4.78 is 0. The highest BCUT2D eigenvalue weighted by atomic mass is 16.2. The first-order valence-corrected chi connectivity index (χ1v) is 9.03. The van der Waals surface area contributed by atoms with E-state index in [1.807, 2.05) is 0 Å². The molecule has 1 aromatic rings. The van der Waals surface area contributed by atoms with Crippen molar-refractivity contribution in [3.63, 3.8) is 0 Å². The van der Waals surface area contributed by atoms with Gasteiger partial charge in [0.15, 0.2) is 0 Å². The molecule has 1 heterocycles. The van der Waals surface area contributed by atoms with Gasteiger partial charge in [-0.05, 0) is 31.4 Å². The lowest BCUT2D eigenvalue weighted by Crippen LogP contribution is -2.34. The third-order valence-corrected chi connectivity index (χ3v) is 4.53. The van der Waals surface area contributed by atoms with Gasteiger partial charge in [-0.3, -0.25) is 9.69 Å². The maximum atomic E-state index is 12.3. The summed E-state index contributed by atoms with van der Waals surface area (Å²) in [6.07, 6.45) is 6.12. The van der Waals surface area contributed by atoms with Gasteiger partial charge in [-0.1, -0.05) is 43.2 Å². The molecule has 0 aliphatic carbocycles. The van der Waals surface area contributed by atoms with Gasteiger partial charge in [-0.2, -0.15) is 0 Å². The molecule has 1 aliphatic rings. The minimum atomic E-state index is 0.333. The SMILES string of the molecule is NCCCCCCC(=O)N1CCCN(Cc2ccccc2)CC1. The van der Waals surface area contributed by atoms with Crippen LogP contribution < -0.4 is 5.73 Å². The van der Waals surface area contributed by atoms with E-state index < -0.39 is 0 Å². The molecule has 0 bridgehead atoms. The molecule has 128 valence electrons. The van der Waals surface area contributed by atoms with E-state index in [1.165, 1.54) is 5.56 Å². The molecule has 2 rings (SSSR count). The highest BCUT2D eigenvalue weighted by Crippen LogP contribution is 2.11. The second-order valence-corrected chi connectivity index (χ2v) is 6.45. The smallest absolute Gasteiger partial charge is 0.222 e. The second-order valence-electron chi connectivity index (χ2n) is 6.45. The summed E-state index contributed by atoms with van der Waals surface area (Å²) >= 11 is 0. The minimum Gasteiger partial charge on any atom is -0.341 e. The van der Waals surface area contributed by atoms with Gasteiger partial charge in [0.05, 0.1) is 0 Å². The van der Waals surface area contributed by atoms with Crippen LogP contribution in [0.3, 0.4) is 0 Å². The summed E-state index contributed by atoms with van der Waals surface area (Å²) in [7, 11) is 0. The maximum absolute atomic E-state index is 12.3. The van der Waals surface area contributed by atoms with E-state index in [9.17, 15) is 4.79 Å². The van der Waals surface area contributed by atoms with Crippen LogP contribution >= 0.6 is 0 Å². The van der Waals surface area contributed by atoms with Crippen LogP contribution in [-0.4, -0.2) is 48.4 Å². The Morgan fingerprint density at radius 3 is 2.52 bits per heavy atom. The highest BCUT2D eigenvalue weighted by Gasteiger charge is 2.18. The Labute approximate surface area is 140 Å². The van der Waals surface area contributed by atoms with Crippen molar-refractivity contribution in [1.29, 1.82) is 0 Å². The van der Waals surface area contributed by atoms with Crippen LogP contribution in [0.1, 0.15) is 44.1 Å².